The Morgan fingerprint density at radius 1 is 1.64 bits per heavy atom. The van der Waals surface area contributed by atoms with Crippen molar-refractivity contribution in [2.45, 2.75) is 32.9 Å². The largest absolute Gasteiger partial charge is 0.296 e. The van der Waals surface area contributed by atoms with Crippen molar-refractivity contribution < 1.29 is 4.84 Å². The highest BCUT2D eigenvalue weighted by Crippen LogP contribution is 2.05. The van der Waals surface area contributed by atoms with Crippen LogP contribution in [0.4, 0.5) is 0 Å². The third kappa shape index (κ3) is 3.72. The Morgan fingerprint density at radius 2 is 2.36 bits per heavy atom. The van der Waals surface area contributed by atoms with Crippen molar-refractivity contribution >= 4 is 6.20 Å². The summed E-state index contributed by atoms with van der Waals surface area (Å²) in [5.41, 5.74) is 3.78. The van der Waals surface area contributed by atoms with E-state index < -0.39 is 0 Å². The lowest BCUT2D eigenvalue weighted by Gasteiger charge is -2.18. The van der Waals surface area contributed by atoms with Gasteiger partial charge in [0.1, 0.15) is 0 Å². The minimum absolute atomic E-state index is 0.172. The molecule has 0 atom stereocenters. The van der Waals surface area contributed by atoms with Crippen LogP contribution < -0.4 is 5.48 Å². The van der Waals surface area contributed by atoms with Crippen molar-refractivity contribution in [3.63, 3.8) is 0 Å². The van der Waals surface area contributed by atoms with Gasteiger partial charge >= 0.3 is 0 Å². The molecule has 0 fully saturated rings. The summed E-state index contributed by atoms with van der Waals surface area (Å²) in [6, 6.07) is 0. The summed E-state index contributed by atoms with van der Waals surface area (Å²) in [4.78, 5) is 5.36. The van der Waals surface area contributed by atoms with Crippen molar-refractivity contribution in [1.29, 1.82) is 0 Å². The molecule has 1 heterocycles. The van der Waals surface area contributed by atoms with Crippen molar-refractivity contribution in [2.24, 2.45) is 0 Å². The van der Waals surface area contributed by atoms with E-state index in [2.05, 4.69) is 17.2 Å². The van der Waals surface area contributed by atoms with Crippen LogP contribution in [-0.2, 0) is 11.4 Å². The molecule has 0 saturated carbocycles. The van der Waals surface area contributed by atoms with E-state index in [1.807, 2.05) is 27.0 Å². The Balaban J connectivity index is 2.35. The van der Waals surface area contributed by atoms with Gasteiger partial charge in [0.15, 0.2) is 0 Å². The molecule has 1 aromatic rings. The highest BCUT2D eigenvalue weighted by Gasteiger charge is 2.09. The molecule has 0 aliphatic carbocycles. The molecule has 4 heteroatoms. The lowest BCUT2D eigenvalue weighted by Crippen LogP contribution is -2.28. The fourth-order valence-electron chi connectivity index (χ4n) is 0.904. The quantitative estimate of drug-likeness (QED) is 0.745. The van der Waals surface area contributed by atoms with E-state index in [-0.39, 0.29) is 5.60 Å². The number of hydrogen-bond acceptors (Lipinski definition) is 3. The van der Waals surface area contributed by atoms with Gasteiger partial charge in [-0.1, -0.05) is 6.58 Å². The second-order valence-electron chi connectivity index (χ2n) is 4.05. The summed E-state index contributed by atoms with van der Waals surface area (Å²) in [6.45, 7) is 10.2. The van der Waals surface area contributed by atoms with Gasteiger partial charge in [0.05, 0.1) is 11.8 Å². The van der Waals surface area contributed by atoms with Crippen LogP contribution in [0.15, 0.2) is 19.0 Å². The lowest BCUT2D eigenvalue weighted by molar-refractivity contribution is -0.0757. The van der Waals surface area contributed by atoms with Crippen molar-refractivity contribution in [3.8, 4) is 0 Å². The first kappa shape index (κ1) is 10.9. The van der Waals surface area contributed by atoms with Crippen molar-refractivity contribution in [2.75, 3.05) is 0 Å². The van der Waals surface area contributed by atoms with Crippen LogP contribution in [0, 0.1) is 0 Å². The summed E-state index contributed by atoms with van der Waals surface area (Å²) in [5, 5.41) is 4.05. The number of nitrogens with zero attached hydrogens (tertiary/aromatic N) is 2. The van der Waals surface area contributed by atoms with Crippen molar-refractivity contribution in [1.82, 2.24) is 15.3 Å². The van der Waals surface area contributed by atoms with E-state index in [9.17, 15) is 0 Å². The summed E-state index contributed by atoms with van der Waals surface area (Å²) in [5.74, 6) is 0. The van der Waals surface area contributed by atoms with Crippen LogP contribution in [-0.4, -0.2) is 15.4 Å². The molecule has 0 bridgehead atoms. The first-order chi connectivity index (χ1) is 6.51. The minimum atomic E-state index is -0.172. The average Bonchev–Trinajstić information content (AvgIpc) is 2.50. The smallest absolute Gasteiger partial charge is 0.0813 e. The number of rotatable bonds is 4. The Labute approximate surface area is 84.5 Å². The Kier molecular flexibility index (Phi) is 3.43. The topological polar surface area (TPSA) is 39.1 Å². The summed E-state index contributed by atoms with van der Waals surface area (Å²) in [7, 11) is 0. The third-order valence-electron chi connectivity index (χ3n) is 1.50. The maximum atomic E-state index is 5.36. The normalized spacial score (nSPS) is 11.6. The van der Waals surface area contributed by atoms with E-state index in [4.69, 9.17) is 4.84 Å². The molecule has 1 rings (SSSR count). The lowest BCUT2D eigenvalue weighted by atomic mass is 10.2. The number of aromatic nitrogens is 2. The van der Waals surface area contributed by atoms with Gasteiger partial charge in [-0.2, -0.15) is 10.6 Å². The molecule has 0 aliphatic rings. The first-order valence-electron chi connectivity index (χ1n) is 4.58. The number of nitrogens with one attached hydrogen (secondary N) is 1. The average molecular weight is 195 g/mol. The Hall–Kier alpha value is -1.13. The zero-order valence-corrected chi connectivity index (χ0v) is 8.95. The second-order valence-corrected chi connectivity index (χ2v) is 4.05. The van der Waals surface area contributed by atoms with E-state index in [1.165, 1.54) is 0 Å². The molecule has 0 unspecified atom stereocenters. The second kappa shape index (κ2) is 4.39. The highest BCUT2D eigenvalue weighted by atomic mass is 16.7. The molecule has 0 amide bonds. The molecular weight excluding hydrogens is 178 g/mol. The SMILES string of the molecule is C=Cn1cc(CNOC(C)(C)C)cn1. The summed E-state index contributed by atoms with van der Waals surface area (Å²) < 4.78 is 1.66. The Bertz CT molecular complexity index is 299. The fourth-order valence-corrected chi connectivity index (χ4v) is 0.904. The van der Waals surface area contributed by atoms with Gasteiger partial charge in [-0.05, 0) is 20.8 Å². The number of hydroxylamine groups is 1. The molecule has 14 heavy (non-hydrogen) atoms. The summed E-state index contributed by atoms with van der Waals surface area (Å²) in [6.07, 6.45) is 5.32. The summed E-state index contributed by atoms with van der Waals surface area (Å²) >= 11 is 0. The van der Waals surface area contributed by atoms with Gasteiger partial charge in [-0.15, -0.1) is 0 Å². The fraction of sp³-hybridized carbons (Fsp3) is 0.500. The minimum Gasteiger partial charge on any atom is -0.296 e. The highest BCUT2D eigenvalue weighted by molar-refractivity contribution is 5.17. The molecule has 0 aliphatic heterocycles. The molecule has 1 aromatic heterocycles. The third-order valence-corrected chi connectivity index (χ3v) is 1.50. The maximum Gasteiger partial charge on any atom is 0.0813 e. The van der Waals surface area contributed by atoms with Crippen LogP contribution >= 0.6 is 0 Å². The number of hydrogen-bond donors (Lipinski definition) is 1. The molecule has 4 nitrogen and oxygen atoms in total. The van der Waals surface area contributed by atoms with Gasteiger partial charge in [-0.3, -0.25) is 4.84 Å². The molecule has 0 radical (unpaired) electrons. The molecule has 78 valence electrons. The predicted molar refractivity (Wildman–Crippen MR) is 56.3 cm³/mol. The Morgan fingerprint density at radius 3 is 2.86 bits per heavy atom. The molecule has 1 N–H and O–H groups in total. The van der Waals surface area contributed by atoms with E-state index in [0.717, 1.165) is 5.56 Å². The van der Waals surface area contributed by atoms with Gasteiger partial charge in [-0.25, -0.2) is 4.68 Å². The maximum absolute atomic E-state index is 5.36. The van der Waals surface area contributed by atoms with E-state index in [1.54, 1.807) is 17.1 Å². The van der Waals surface area contributed by atoms with Gasteiger partial charge in [0.25, 0.3) is 0 Å². The van der Waals surface area contributed by atoms with Gasteiger partial charge in [0.2, 0.25) is 0 Å². The molecular formula is C10H17N3O. The standard InChI is InChI=1S/C10H17N3O/c1-5-13-8-9(6-11-13)7-12-14-10(2,3)4/h5-6,8,12H,1,7H2,2-4H3. The zero-order valence-electron chi connectivity index (χ0n) is 8.95. The molecule has 0 saturated heterocycles. The monoisotopic (exact) mass is 195 g/mol. The van der Waals surface area contributed by atoms with Crippen LogP contribution in [0.25, 0.3) is 6.20 Å². The predicted octanol–water partition coefficient (Wildman–Crippen LogP) is 1.80. The van der Waals surface area contributed by atoms with Crippen LogP contribution in [0.5, 0.6) is 0 Å². The molecule has 0 aromatic carbocycles. The molecule has 0 spiro atoms. The zero-order chi connectivity index (χ0) is 10.6. The van der Waals surface area contributed by atoms with Crippen LogP contribution in [0.1, 0.15) is 26.3 Å². The van der Waals surface area contributed by atoms with Crippen molar-refractivity contribution in [3.05, 3.63) is 24.5 Å². The van der Waals surface area contributed by atoms with Gasteiger partial charge in [0, 0.05) is 24.5 Å². The van der Waals surface area contributed by atoms with Gasteiger partial charge < -0.3 is 0 Å². The first-order valence-corrected chi connectivity index (χ1v) is 4.58. The van der Waals surface area contributed by atoms with E-state index >= 15 is 0 Å². The van der Waals surface area contributed by atoms with Crippen LogP contribution in [0.3, 0.4) is 0 Å². The van der Waals surface area contributed by atoms with Crippen LogP contribution in [0.2, 0.25) is 0 Å². The van der Waals surface area contributed by atoms with E-state index in [0.29, 0.717) is 6.54 Å².